The third kappa shape index (κ3) is 3.56. The van der Waals surface area contributed by atoms with Crippen LogP contribution in [0.2, 0.25) is 0 Å². The Bertz CT molecular complexity index is 738. The van der Waals surface area contributed by atoms with Crippen molar-refractivity contribution in [1.29, 1.82) is 0 Å². The average Bonchev–Trinajstić information content (AvgIpc) is 2.62. The molecule has 24 heavy (non-hydrogen) atoms. The largest absolute Gasteiger partial charge is 0.352 e. The van der Waals surface area contributed by atoms with E-state index in [1.54, 1.807) is 23.5 Å². The zero-order valence-corrected chi connectivity index (χ0v) is 14.1. The van der Waals surface area contributed by atoms with Gasteiger partial charge in [0, 0.05) is 38.1 Å². The normalized spacial score (nSPS) is 16.6. The van der Waals surface area contributed by atoms with Gasteiger partial charge in [-0.3, -0.25) is 14.6 Å². The van der Waals surface area contributed by atoms with Crippen molar-refractivity contribution < 1.29 is 9.59 Å². The summed E-state index contributed by atoms with van der Waals surface area (Å²) in [5, 5.41) is 3.21. The lowest BCUT2D eigenvalue weighted by Gasteiger charge is -2.31. The van der Waals surface area contributed by atoms with Crippen molar-refractivity contribution in [2.45, 2.75) is 30.2 Å². The molecule has 0 bridgehead atoms. The predicted octanol–water partition coefficient (Wildman–Crippen LogP) is 2.01. The highest BCUT2D eigenvalue weighted by molar-refractivity contribution is 8.00. The third-order valence-electron chi connectivity index (χ3n) is 3.76. The Morgan fingerprint density at radius 3 is 2.83 bits per heavy atom. The van der Waals surface area contributed by atoms with E-state index in [-0.39, 0.29) is 18.2 Å². The second-order valence-corrected chi connectivity index (χ2v) is 6.54. The molecular weight excluding hydrogens is 324 g/mol. The summed E-state index contributed by atoms with van der Waals surface area (Å²) < 4.78 is 0. The molecule has 2 amide bonds. The van der Waals surface area contributed by atoms with E-state index in [0.29, 0.717) is 13.1 Å². The predicted molar refractivity (Wildman–Crippen MR) is 92.6 cm³/mol. The van der Waals surface area contributed by atoms with Gasteiger partial charge in [0.15, 0.2) is 0 Å². The van der Waals surface area contributed by atoms with E-state index in [9.17, 15) is 9.59 Å². The van der Waals surface area contributed by atoms with Gasteiger partial charge in [0.2, 0.25) is 11.8 Å². The third-order valence-corrected chi connectivity index (χ3v) is 4.95. The fourth-order valence-corrected chi connectivity index (χ4v) is 3.71. The van der Waals surface area contributed by atoms with Crippen molar-refractivity contribution in [3.63, 3.8) is 0 Å². The topological polar surface area (TPSA) is 75.2 Å². The summed E-state index contributed by atoms with van der Waals surface area (Å²) in [6.07, 6.45) is 5.21. The molecule has 3 rings (SSSR count). The lowest BCUT2D eigenvalue weighted by atomic mass is 10.2. The lowest BCUT2D eigenvalue weighted by molar-refractivity contribution is -0.125. The maximum absolute atomic E-state index is 12.6. The first-order valence-corrected chi connectivity index (χ1v) is 8.65. The Balaban J connectivity index is 1.65. The first kappa shape index (κ1) is 16.4. The minimum atomic E-state index is -0.440. The quantitative estimate of drug-likeness (QED) is 0.900. The van der Waals surface area contributed by atoms with Gasteiger partial charge in [0.1, 0.15) is 5.03 Å². The van der Waals surface area contributed by atoms with E-state index in [2.05, 4.69) is 15.3 Å². The second kappa shape index (κ2) is 7.44. The number of fused-ring (bicyclic) bond motifs is 1. The number of thioether (sulfide) groups is 1. The van der Waals surface area contributed by atoms with Gasteiger partial charge < -0.3 is 10.2 Å². The number of anilines is 1. The van der Waals surface area contributed by atoms with Gasteiger partial charge >= 0.3 is 0 Å². The van der Waals surface area contributed by atoms with Gasteiger partial charge in [-0.25, -0.2) is 4.98 Å². The summed E-state index contributed by atoms with van der Waals surface area (Å²) >= 11 is 1.36. The molecule has 0 saturated heterocycles. The molecule has 7 heteroatoms. The molecule has 0 spiro atoms. The minimum absolute atomic E-state index is 0.0398. The van der Waals surface area contributed by atoms with Crippen LogP contribution in [0.15, 0.2) is 47.9 Å². The van der Waals surface area contributed by atoms with Crippen LogP contribution < -0.4 is 10.2 Å². The van der Waals surface area contributed by atoms with Gasteiger partial charge in [-0.2, -0.15) is 0 Å². The monoisotopic (exact) mass is 342 g/mol. The molecule has 1 aliphatic heterocycles. The molecule has 1 unspecified atom stereocenters. The zero-order chi connectivity index (χ0) is 16.9. The Morgan fingerprint density at radius 1 is 1.29 bits per heavy atom. The Hall–Kier alpha value is -2.41. The van der Waals surface area contributed by atoms with Crippen LogP contribution in [0.4, 0.5) is 5.69 Å². The van der Waals surface area contributed by atoms with E-state index < -0.39 is 5.25 Å². The number of nitrogens with one attached hydrogen (secondary N) is 1. The number of hydrogen-bond acceptors (Lipinski definition) is 5. The van der Waals surface area contributed by atoms with Crippen molar-refractivity contribution in [2.24, 2.45) is 0 Å². The van der Waals surface area contributed by atoms with Gasteiger partial charge in [0.25, 0.3) is 0 Å². The van der Waals surface area contributed by atoms with Crippen LogP contribution in [0.1, 0.15) is 18.9 Å². The number of aromatic nitrogens is 2. The highest BCUT2D eigenvalue weighted by Crippen LogP contribution is 2.38. The SMILES string of the molecule is CCN1C(=O)C(CC(=O)NCc2ccncc2)Sc2ncccc21. The maximum Gasteiger partial charge on any atom is 0.241 e. The Labute approximate surface area is 144 Å². The van der Waals surface area contributed by atoms with E-state index in [0.717, 1.165) is 16.3 Å². The van der Waals surface area contributed by atoms with Gasteiger partial charge in [-0.05, 0) is 36.8 Å². The number of carbonyl (C=O) groups is 2. The molecule has 6 nitrogen and oxygen atoms in total. The first-order chi connectivity index (χ1) is 11.7. The van der Waals surface area contributed by atoms with Crippen molar-refractivity contribution in [3.8, 4) is 0 Å². The van der Waals surface area contributed by atoms with E-state index >= 15 is 0 Å². The number of carbonyl (C=O) groups excluding carboxylic acids is 2. The van der Waals surface area contributed by atoms with E-state index in [1.807, 2.05) is 31.2 Å². The molecule has 3 heterocycles. The smallest absolute Gasteiger partial charge is 0.241 e. The van der Waals surface area contributed by atoms with Crippen LogP contribution >= 0.6 is 11.8 Å². The molecule has 0 saturated carbocycles. The fourth-order valence-electron chi connectivity index (χ4n) is 2.55. The Morgan fingerprint density at radius 2 is 2.08 bits per heavy atom. The van der Waals surface area contributed by atoms with Crippen molar-refractivity contribution in [3.05, 3.63) is 48.4 Å². The van der Waals surface area contributed by atoms with Crippen LogP contribution in [-0.4, -0.2) is 33.6 Å². The molecule has 0 aliphatic carbocycles. The number of rotatable bonds is 5. The summed E-state index contributed by atoms with van der Waals surface area (Å²) in [6.45, 7) is 2.91. The van der Waals surface area contributed by atoms with Gasteiger partial charge in [-0.1, -0.05) is 11.8 Å². The summed E-state index contributed by atoms with van der Waals surface area (Å²) in [6, 6.07) is 7.40. The van der Waals surface area contributed by atoms with E-state index in [4.69, 9.17) is 0 Å². The molecule has 0 radical (unpaired) electrons. The standard InChI is InChI=1S/C17H18N4O2S/c1-2-21-13-4-3-7-19-16(13)24-14(17(21)23)10-15(22)20-11-12-5-8-18-9-6-12/h3-9,14H,2,10-11H2,1H3,(H,20,22). The highest BCUT2D eigenvalue weighted by Gasteiger charge is 2.34. The van der Waals surface area contributed by atoms with Crippen LogP contribution in [0.25, 0.3) is 0 Å². The van der Waals surface area contributed by atoms with E-state index in [1.165, 1.54) is 11.8 Å². The summed E-state index contributed by atoms with van der Waals surface area (Å²) in [5.41, 5.74) is 1.80. The van der Waals surface area contributed by atoms with Gasteiger partial charge in [-0.15, -0.1) is 0 Å². The van der Waals surface area contributed by atoms with Gasteiger partial charge in [0.05, 0.1) is 10.9 Å². The van der Waals surface area contributed by atoms with Crippen molar-refractivity contribution >= 4 is 29.3 Å². The molecule has 1 aliphatic rings. The van der Waals surface area contributed by atoms with Crippen LogP contribution in [-0.2, 0) is 16.1 Å². The lowest BCUT2D eigenvalue weighted by Crippen LogP contribution is -2.43. The fraction of sp³-hybridized carbons (Fsp3) is 0.294. The number of hydrogen-bond donors (Lipinski definition) is 1. The summed E-state index contributed by atoms with van der Waals surface area (Å²) in [5.74, 6) is -0.185. The van der Waals surface area contributed by atoms with Crippen LogP contribution in [0.3, 0.4) is 0 Å². The molecule has 1 atom stereocenters. The molecule has 0 fully saturated rings. The molecule has 1 N–H and O–H groups in total. The zero-order valence-electron chi connectivity index (χ0n) is 13.3. The number of nitrogens with zero attached hydrogens (tertiary/aromatic N) is 3. The second-order valence-electron chi connectivity index (χ2n) is 5.35. The molecule has 124 valence electrons. The summed E-state index contributed by atoms with van der Waals surface area (Å²) in [7, 11) is 0. The average molecular weight is 342 g/mol. The van der Waals surface area contributed by atoms with Crippen LogP contribution in [0.5, 0.6) is 0 Å². The number of amides is 2. The first-order valence-electron chi connectivity index (χ1n) is 7.77. The highest BCUT2D eigenvalue weighted by atomic mass is 32.2. The molecule has 2 aromatic rings. The maximum atomic E-state index is 12.6. The van der Waals surface area contributed by atoms with Crippen LogP contribution in [0, 0.1) is 0 Å². The van der Waals surface area contributed by atoms with Crippen molar-refractivity contribution in [2.75, 3.05) is 11.4 Å². The minimum Gasteiger partial charge on any atom is -0.352 e. The Kier molecular flexibility index (Phi) is 5.10. The summed E-state index contributed by atoms with van der Waals surface area (Å²) in [4.78, 5) is 34.8. The van der Waals surface area contributed by atoms with Crippen molar-refractivity contribution in [1.82, 2.24) is 15.3 Å². The molecule has 2 aromatic heterocycles. The molecular formula is C17H18N4O2S. The number of pyridine rings is 2. The molecule has 0 aromatic carbocycles.